The third-order valence-corrected chi connectivity index (χ3v) is 4.74. The Kier molecular flexibility index (Phi) is 6.86. The van der Waals surface area contributed by atoms with E-state index in [0.717, 1.165) is 29.4 Å². The Balaban J connectivity index is 1.77. The molecule has 0 spiro atoms. The highest BCUT2D eigenvalue weighted by Gasteiger charge is 2.22. The largest absolute Gasteiger partial charge is 0.491 e. The minimum atomic E-state index is 0.0215. The summed E-state index contributed by atoms with van der Waals surface area (Å²) < 4.78 is 10.5. The molecule has 1 unspecified atom stereocenters. The van der Waals surface area contributed by atoms with Gasteiger partial charge in [-0.3, -0.25) is 0 Å². The van der Waals surface area contributed by atoms with Gasteiger partial charge in [-0.25, -0.2) is 4.79 Å². The van der Waals surface area contributed by atoms with Crippen LogP contribution in [0.3, 0.4) is 0 Å². The van der Waals surface area contributed by atoms with Crippen LogP contribution < -0.4 is 10.1 Å². The van der Waals surface area contributed by atoms with Gasteiger partial charge in [0.25, 0.3) is 0 Å². The fraction of sp³-hybridized carbons (Fsp3) is 0.562. The fourth-order valence-corrected chi connectivity index (χ4v) is 3.27. The molecule has 5 nitrogen and oxygen atoms in total. The highest BCUT2D eigenvalue weighted by atomic mass is 32.2. The molecule has 1 fully saturated rings. The van der Waals surface area contributed by atoms with E-state index in [0.29, 0.717) is 25.8 Å². The standard InChI is InChI=1S/C16H24N2O3S/c1-13-12-22-10-7-18(13)16(19)17-11-14-3-5-15(6-4-14)21-9-8-20-2/h3-6,13H,7-12H2,1-2H3,(H,17,19). The summed E-state index contributed by atoms with van der Waals surface area (Å²) in [7, 11) is 1.65. The van der Waals surface area contributed by atoms with Crippen LogP contribution in [0.5, 0.6) is 5.75 Å². The molecule has 2 rings (SSSR count). The van der Waals surface area contributed by atoms with Crippen molar-refractivity contribution < 1.29 is 14.3 Å². The molecule has 0 bridgehead atoms. The highest BCUT2D eigenvalue weighted by Crippen LogP contribution is 2.16. The van der Waals surface area contributed by atoms with E-state index in [1.807, 2.05) is 40.9 Å². The van der Waals surface area contributed by atoms with Crippen LogP contribution in [0.2, 0.25) is 0 Å². The Bertz CT molecular complexity index is 467. The number of methoxy groups -OCH3 is 1. The summed E-state index contributed by atoms with van der Waals surface area (Å²) in [6.45, 7) is 4.57. The molecule has 0 aromatic heterocycles. The zero-order chi connectivity index (χ0) is 15.8. The van der Waals surface area contributed by atoms with Gasteiger partial charge in [0.05, 0.1) is 6.61 Å². The summed E-state index contributed by atoms with van der Waals surface area (Å²) in [5, 5.41) is 2.99. The minimum absolute atomic E-state index is 0.0215. The lowest BCUT2D eigenvalue weighted by molar-refractivity contribution is 0.146. The number of hydrogen-bond donors (Lipinski definition) is 1. The quantitative estimate of drug-likeness (QED) is 0.816. The summed E-state index contributed by atoms with van der Waals surface area (Å²) in [5.74, 6) is 2.85. The number of hydrogen-bond acceptors (Lipinski definition) is 4. The number of rotatable bonds is 6. The molecule has 1 aliphatic rings. The van der Waals surface area contributed by atoms with Crippen LogP contribution in [0, 0.1) is 0 Å². The molecule has 1 aliphatic heterocycles. The number of amides is 2. The number of benzene rings is 1. The third kappa shape index (κ3) is 5.10. The average Bonchev–Trinajstić information content (AvgIpc) is 2.54. The van der Waals surface area contributed by atoms with Crippen molar-refractivity contribution in [2.24, 2.45) is 0 Å². The van der Waals surface area contributed by atoms with Gasteiger partial charge < -0.3 is 19.7 Å². The van der Waals surface area contributed by atoms with E-state index < -0.39 is 0 Å². The van der Waals surface area contributed by atoms with Gasteiger partial charge in [0.2, 0.25) is 0 Å². The van der Waals surface area contributed by atoms with E-state index >= 15 is 0 Å². The van der Waals surface area contributed by atoms with Crippen LogP contribution in [0.25, 0.3) is 0 Å². The van der Waals surface area contributed by atoms with Crippen LogP contribution in [-0.2, 0) is 11.3 Å². The molecule has 22 heavy (non-hydrogen) atoms. The second-order valence-electron chi connectivity index (χ2n) is 5.26. The van der Waals surface area contributed by atoms with E-state index in [2.05, 4.69) is 12.2 Å². The Morgan fingerprint density at radius 2 is 2.14 bits per heavy atom. The van der Waals surface area contributed by atoms with Crippen molar-refractivity contribution in [2.45, 2.75) is 19.5 Å². The molecule has 1 heterocycles. The molecule has 1 N–H and O–H groups in total. The molecule has 1 aromatic rings. The smallest absolute Gasteiger partial charge is 0.317 e. The Morgan fingerprint density at radius 3 is 2.82 bits per heavy atom. The molecule has 122 valence electrons. The second-order valence-corrected chi connectivity index (χ2v) is 6.41. The van der Waals surface area contributed by atoms with Crippen LogP contribution in [-0.4, -0.2) is 55.3 Å². The average molecular weight is 324 g/mol. The van der Waals surface area contributed by atoms with Crippen LogP contribution in [0.4, 0.5) is 4.79 Å². The maximum Gasteiger partial charge on any atom is 0.317 e. The van der Waals surface area contributed by atoms with Crippen molar-refractivity contribution in [1.82, 2.24) is 10.2 Å². The molecule has 2 amide bonds. The number of carbonyl (C=O) groups is 1. The van der Waals surface area contributed by atoms with Crippen molar-refractivity contribution >= 4 is 17.8 Å². The molecular formula is C16H24N2O3S. The molecule has 0 aliphatic carbocycles. The third-order valence-electron chi connectivity index (χ3n) is 3.55. The van der Waals surface area contributed by atoms with Crippen LogP contribution >= 0.6 is 11.8 Å². The van der Waals surface area contributed by atoms with E-state index in [1.165, 1.54) is 0 Å². The van der Waals surface area contributed by atoms with Gasteiger partial charge in [-0.2, -0.15) is 11.8 Å². The molecule has 1 atom stereocenters. The second kappa shape index (κ2) is 8.90. The van der Waals surface area contributed by atoms with Gasteiger partial charge in [0.1, 0.15) is 12.4 Å². The molecule has 1 aromatic carbocycles. The van der Waals surface area contributed by atoms with Gasteiger partial charge in [0.15, 0.2) is 0 Å². The SMILES string of the molecule is COCCOc1ccc(CNC(=O)N2CCSCC2C)cc1. The Hall–Kier alpha value is -1.40. The van der Waals surface area contributed by atoms with Gasteiger partial charge in [0, 0.05) is 37.7 Å². The normalized spacial score (nSPS) is 18.1. The van der Waals surface area contributed by atoms with Gasteiger partial charge >= 0.3 is 6.03 Å². The zero-order valence-corrected chi connectivity index (χ0v) is 14.0. The van der Waals surface area contributed by atoms with Crippen molar-refractivity contribution in [3.63, 3.8) is 0 Å². The zero-order valence-electron chi connectivity index (χ0n) is 13.2. The van der Waals surface area contributed by atoms with E-state index in [9.17, 15) is 4.79 Å². The van der Waals surface area contributed by atoms with E-state index in [-0.39, 0.29) is 6.03 Å². The number of urea groups is 1. The summed E-state index contributed by atoms with van der Waals surface area (Å²) in [6, 6.07) is 8.09. The van der Waals surface area contributed by atoms with Crippen LogP contribution in [0.15, 0.2) is 24.3 Å². The number of carbonyl (C=O) groups excluding carboxylic acids is 1. The first-order valence-electron chi connectivity index (χ1n) is 7.53. The maximum atomic E-state index is 12.2. The van der Waals surface area contributed by atoms with Gasteiger partial charge in [-0.15, -0.1) is 0 Å². The lowest BCUT2D eigenvalue weighted by Gasteiger charge is -2.33. The number of nitrogens with zero attached hydrogens (tertiary/aromatic N) is 1. The van der Waals surface area contributed by atoms with Gasteiger partial charge in [-0.05, 0) is 24.6 Å². The lowest BCUT2D eigenvalue weighted by atomic mass is 10.2. The first kappa shape index (κ1) is 17.0. The molecule has 1 saturated heterocycles. The fourth-order valence-electron chi connectivity index (χ4n) is 2.25. The summed E-state index contributed by atoms with van der Waals surface area (Å²) in [5.41, 5.74) is 1.06. The monoisotopic (exact) mass is 324 g/mol. The highest BCUT2D eigenvalue weighted by molar-refractivity contribution is 7.99. The first-order chi connectivity index (χ1) is 10.7. The summed E-state index contributed by atoms with van der Waals surface area (Å²) >= 11 is 1.90. The van der Waals surface area contributed by atoms with E-state index in [4.69, 9.17) is 9.47 Å². The number of thioether (sulfide) groups is 1. The topological polar surface area (TPSA) is 50.8 Å². The number of ether oxygens (including phenoxy) is 2. The molecular weight excluding hydrogens is 300 g/mol. The molecule has 0 saturated carbocycles. The lowest BCUT2D eigenvalue weighted by Crippen LogP contribution is -2.49. The van der Waals surface area contributed by atoms with Gasteiger partial charge in [-0.1, -0.05) is 12.1 Å². The summed E-state index contributed by atoms with van der Waals surface area (Å²) in [4.78, 5) is 14.1. The Morgan fingerprint density at radius 1 is 1.36 bits per heavy atom. The van der Waals surface area contributed by atoms with Crippen molar-refractivity contribution in [3.05, 3.63) is 29.8 Å². The maximum absolute atomic E-state index is 12.2. The molecule has 0 radical (unpaired) electrons. The Labute approximate surface area is 136 Å². The number of nitrogens with one attached hydrogen (secondary N) is 1. The first-order valence-corrected chi connectivity index (χ1v) is 8.69. The van der Waals surface area contributed by atoms with Crippen molar-refractivity contribution in [2.75, 3.05) is 38.4 Å². The van der Waals surface area contributed by atoms with Crippen molar-refractivity contribution in [1.29, 1.82) is 0 Å². The van der Waals surface area contributed by atoms with Crippen molar-refractivity contribution in [3.8, 4) is 5.75 Å². The summed E-state index contributed by atoms with van der Waals surface area (Å²) in [6.07, 6.45) is 0. The van der Waals surface area contributed by atoms with Crippen LogP contribution in [0.1, 0.15) is 12.5 Å². The predicted octanol–water partition coefficient (Wildman–Crippen LogP) is 2.36. The predicted molar refractivity (Wildman–Crippen MR) is 89.5 cm³/mol. The minimum Gasteiger partial charge on any atom is -0.491 e. The molecule has 6 heteroatoms. The van der Waals surface area contributed by atoms with E-state index in [1.54, 1.807) is 7.11 Å².